The Kier molecular flexibility index (Phi) is 4.22. The highest BCUT2D eigenvalue weighted by Gasteiger charge is 2.17. The molecule has 1 aromatic heterocycles. The van der Waals surface area contributed by atoms with Gasteiger partial charge in [-0.25, -0.2) is 4.98 Å². The van der Waals surface area contributed by atoms with E-state index in [-0.39, 0.29) is 0 Å². The van der Waals surface area contributed by atoms with Crippen LogP contribution in [-0.2, 0) is 0 Å². The smallest absolute Gasteiger partial charge is 0.104 e. The normalized spacial score (nSPS) is 15.1. The van der Waals surface area contributed by atoms with E-state index in [2.05, 4.69) is 54.1 Å². The van der Waals surface area contributed by atoms with E-state index in [1.54, 1.807) is 0 Å². The number of rotatable bonds is 5. The summed E-state index contributed by atoms with van der Waals surface area (Å²) in [5.74, 6) is 1.48. The van der Waals surface area contributed by atoms with Crippen LogP contribution in [0.4, 0.5) is 0 Å². The average molecular weight is 260 g/mol. The van der Waals surface area contributed by atoms with Crippen LogP contribution in [0.15, 0.2) is 18.2 Å². The maximum absolute atomic E-state index is 5.76. The summed E-state index contributed by atoms with van der Waals surface area (Å²) in [5, 5.41) is 0. The molecule has 0 aliphatic carbocycles. The SMILES string of the molecule is Cc1nc2ccc(C(CC(C)CN)N(C)C)cc2[nH]1. The first-order valence-electron chi connectivity index (χ1n) is 6.84. The fraction of sp³-hybridized carbons (Fsp3) is 0.533. The van der Waals surface area contributed by atoms with Crippen LogP contribution in [-0.4, -0.2) is 35.5 Å². The third-order valence-electron chi connectivity index (χ3n) is 3.66. The lowest BCUT2D eigenvalue weighted by Gasteiger charge is -2.27. The quantitative estimate of drug-likeness (QED) is 0.868. The molecule has 1 aromatic carbocycles. The number of nitrogens with two attached hydrogens (primary N) is 1. The maximum Gasteiger partial charge on any atom is 0.104 e. The molecule has 0 radical (unpaired) electrons. The van der Waals surface area contributed by atoms with E-state index in [0.29, 0.717) is 12.0 Å². The molecule has 0 bridgehead atoms. The first-order chi connectivity index (χ1) is 9.01. The van der Waals surface area contributed by atoms with Crippen LogP contribution in [0.5, 0.6) is 0 Å². The molecule has 2 atom stereocenters. The van der Waals surface area contributed by atoms with Crippen LogP contribution in [0.25, 0.3) is 11.0 Å². The summed E-state index contributed by atoms with van der Waals surface area (Å²) in [7, 11) is 4.24. The highest BCUT2D eigenvalue weighted by atomic mass is 15.1. The van der Waals surface area contributed by atoms with Crippen LogP contribution in [0.3, 0.4) is 0 Å². The zero-order valence-corrected chi connectivity index (χ0v) is 12.3. The van der Waals surface area contributed by atoms with Crippen molar-refractivity contribution in [2.75, 3.05) is 20.6 Å². The van der Waals surface area contributed by atoms with E-state index in [9.17, 15) is 0 Å². The number of hydrogen-bond acceptors (Lipinski definition) is 3. The van der Waals surface area contributed by atoms with Crippen LogP contribution >= 0.6 is 0 Å². The van der Waals surface area contributed by atoms with Gasteiger partial charge in [0.1, 0.15) is 5.82 Å². The molecule has 4 nitrogen and oxygen atoms in total. The number of H-pyrrole nitrogens is 1. The average Bonchev–Trinajstić information content (AvgIpc) is 2.74. The van der Waals surface area contributed by atoms with Crippen molar-refractivity contribution in [1.29, 1.82) is 0 Å². The Bertz CT molecular complexity index is 544. The highest BCUT2D eigenvalue weighted by Crippen LogP contribution is 2.27. The minimum Gasteiger partial charge on any atom is -0.342 e. The predicted octanol–water partition coefficient (Wildman–Crippen LogP) is 2.46. The molecule has 0 aliphatic rings. The van der Waals surface area contributed by atoms with Crippen molar-refractivity contribution in [3.05, 3.63) is 29.6 Å². The van der Waals surface area contributed by atoms with Crippen molar-refractivity contribution < 1.29 is 0 Å². The van der Waals surface area contributed by atoms with Gasteiger partial charge in [-0.1, -0.05) is 13.0 Å². The van der Waals surface area contributed by atoms with Crippen LogP contribution < -0.4 is 5.73 Å². The molecule has 3 N–H and O–H groups in total. The molecule has 0 fully saturated rings. The molecule has 0 aliphatic heterocycles. The monoisotopic (exact) mass is 260 g/mol. The van der Waals surface area contributed by atoms with E-state index in [1.807, 2.05) is 6.92 Å². The third kappa shape index (κ3) is 3.14. The Balaban J connectivity index is 2.32. The van der Waals surface area contributed by atoms with Gasteiger partial charge in [0.25, 0.3) is 0 Å². The van der Waals surface area contributed by atoms with Crippen molar-refractivity contribution in [2.45, 2.75) is 26.3 Å². The van der Waals surface area contributed by atoms with Crippen molar-refractivity contribution in [3.63, 3.8) is 0 Å². The van der Waals surface area contributed by atoms with Crippen molar-refractivity contribution >= 4 is 11.0 Å². The molecule has 2 aromatic rings. The number of nitrogens with zero attached hydrogens (tertiary/aromatic N) is 2. The second-order valence-corrected chi connectivity index (χ2v) is 5.65. The van der Waals surface area contributed by atoms with Crippen molar-refractivity contribution in [2.24, 2.45) is 11.7 Å². The minimum absolute atomic E-state index is 0.395. The number of benzene rings is 1. The molecule has 0 amide bonds. The first kappa shape index (κ1) is 14.0. The maximum atomic E-state index is 5.76. The molecule has 2 unspecified atom stereocenters. The van der Waals surface area contributed by atoms with Gasteiger partial charge in [0.2, 0.25) is 0 Å². The Morgan fingerprint density at radius 2 is 2.11 bits per heavy atom. The van der Waals surface area contributed by atoms with Gasteiger partial charge in [-0.15, -0.1) is 0 Å². The number of aromatic nitrogens is 2. The van der Waals surface area contributed by atoms with Crippen molar-refractivity contribution in [1.82, 2.24) is 14.9 Å². The van der Waals surface area contributed by atoms with Gasteiger partial charge >= 0.3 is 0 Å². The molecule has 19 heavy (non-hydrogen) atoms. The van der Waals surface area contributed by atoms with Crippen LogP contribution in [0.1, 0.15) is 30.8 Å². The highest BCUT2D eigenvalue weighted by molar-refractivity contribution is 5.75. The Hall–Kier alpha value is -1.39. The molecule has 1 heterocycles. The van der Waals surface area contributed by atoms with Gasteiger partial charge in [0.05, 0.1) is 11.0 Å². The molecule has 4 heteroatoms. The number of aryl methyl sites for hydroxylation is 1. The number of hydrogen-bond donors (Lipinski definition) is 2. The van der Waals surface area contributed by atoms with E-state index in [1.165, 1.54) is 5.56 Å². The molecule has 104 valence electrons. The second kappa shape index (κ2) is 5.72. The van der Waals surface area contributed by atoms with Gasteiger partial charge in [0.15, 0.2) is 0 Å². The summed E-state index contributed by atoms with van der Waals surface area (Å²) in [6, 6.07) is 6.88. The van der Waals surface area contributed by atoms with Crippen LogP contribution in [0, 0.1) is 12.8 Å². The number of imidazole rings is 1. The number of aromatic amines is 1. The Labute approximate surface area is 115 Å². The lowest BCUT2D eigenvalue weighted by Crippen LogP contribution is -2.24. The van der Waals surface area contributed by atoms with Gasteiger partial charge in [-0.3, -0.25) is 0 Å². The largest absolute Gasteiger partial charge is 0.342 e. The first-order valence-corrected chi connectivity index (χ1v) is 6.84. The molecule has 0 saturated heterocycles. The molecule has 0 spiro atoms. The number of fused-ring (bicyclic) bond motifs is 1. The third-order valence-corrected chi connectivity index (χ3v) is 3.66. The van der Waals surface area contributed by atoms with E-state index in [4.69, 9.17) is 5.73 Å². The lowest BCUT2D eigenvalue weighted by atomic mass is 9.95. The lowest BCUT2D eigenvalue weighted by molar-refractivity contribution is 0.255. The van der Waals surface area contributed by atoms with Gasteiger partial charge in [-0.05, 0) is 57.6 Å². The van der Waals surface area contributed by atoms with Gasteiger partial charge in [-0.2, -0.15) is 0 Å². The topological polar surface area (TPSA) is 57.9 Å². The van der Waals surface area contributed by atoms with Crippen molar-refractivity contribution in [3.8, 4) is 0 Å². The summed E-state index contributed by atoms with van der Waals surface area (Å²) < 4.78 is 0. The minimum atomic E-state index is 0.395. The second-order valence-electron chi connectivity index (χ2n) is 5.65. The Morgan fingerprint density at radius 3 is 2.74 bits per heavy atom. The summed E-state index contributed by atoms with van der Waals surface area (Å²) in [4.78, 5) is 10.0. The fourth-order valence-corrected chi connectivity index (χ4v) is 2.48. The molecular formula is C15H24N4. The van der Waals surface area contributed by atoms with Gasteiger partial charge < -0.3 is 15.6 Å². The number of nitrogens with one attached hydrogen (secondary N) is 1. The molecular weight excluding hydrogens is 236 g/mol. The summed E-state index contributed by atoms with van der Waals surface area (Å²) in [6.07, 6.45) is 1.07. The van der Waals surface area contributed by atoms with Crippen LogP contribution in [0.2, 0.25) is 0 Å². The zero-order valence-electron chi connectivity index (χ0n) is 12.3. The van der Waals surface area contributed by atoms with E-state index >= 15 is 0 Å². The summed E-state index contributed by atoms with van der Waals surface area (Å²) in [5.41, 5.74) is 9.22. The Morgan fingerprint density at radius 1 is 1.37 bits per heavy atom. The van der Waals surface area contributed by atoms with E-state index in [0.717, 1.165) is 29.8 Å². The van der Waals surface area contributed by atoms with Gasteiger partial charge in [0, 0.05) is 6.04 Å². The predicted molar refractivity (Wildman–Crippen MR) is 80.1 cm³/mol. The summed E-state index contributed by atoms with van der Waals surface area (Å²) >= 11 is 0. The fourth-order valence-electron chi connectivity index (χ4n) is 2.48. The standard InChI is InChI=1S/C15H24N4/c1-10(9-16)7-15(19(3)4)12-5-6-13-14(8-12)18-11(2)17-13/h5-6,8,10,15H,7,9,16H2,1-4H3,(H,17,18). The molecule has 2 rings (SSSR count). The molecule has 0 saturated carbocycles. The van der Waals surface area contributed by atoms with E-state index < -0.39 is 0 Å². The zero-order chi connectivity index (χ0) is 14.0. The summed E-state index contributed by atoms with van der Waals surface area (Å²) in [6.45, 7) is 4.92.